The molecule has 4 amide bonds. The largest absolute Gasteiger partial charge is 0.483 e. The summed E-state index contributed by atoms with van der Waals surface area (Å²) in [5.41, 5.74) is -0.176. The summed E-state index contributed by atoms with van der Waals surface area (Å²) in [5.74, 6) is -2.42. The Balaban J connectivity index is 1.19. The summed E-state index contributed by atoms with van der Waals surface area (Å²) in [6, 6.07) is 11.5. The molecule has 5 aliphatic rings. The van der Waals surface area contributed by atoms with E-state index in [0.717, 1.165) is 23.8 Å². The highest BCUT2D eigenvalue weighted by Gasteiger charge is 2.59. The van der Waals surface area contributed by atoms with Gasteiger partial charge in [-0.1, -0.05) is 55.3 Å². The fourth-order valence-corrected chi connectivity index (χ4v) is 10.4. The number of para-hydroxylation sites is 1. The average molecular weight is 830 g/mol. The van der Waals surface area contributed by atoms with Crippen LogP contribution >= 0.6 is 0 Å². The lowest BCUT2D eigenvalue weighted by atomic mass is 9.65. The summed E-state index contributed by atoms with van der Waals surface area (Å²) in [6.45, 7) is 4.97. The van der Waals surface area contributed by atoms with Crippen molar-refractivity contribution in [2.45, 2.75) is 132 Å². The standard InChI is InChI=1S/C44H52FN5O8S/c1-27(2)57-41(54)47-34-17-8-6-4-5-7-13-29-18-21-44(29,40(53)49-59(55,56)42(3)22-23-42)48-38(51)35-25-43(26-50(35)39(34)52)20-19-32-31-15-9-10-16-33(31)46-36(37(32)58-43)28-12-11-14-30(45)24-28/h7,9-16,24,27,29,34-35H,4-6,8,17-23,25-26H2,1-3H3,(H,47,54)(H,48,51)(H,49,53)/b13-7-/t29-,34+,35+,43-,44-/m1/s1. The Morgan fingerprint density at radius 2 is 1.83 bits per heavy atom. The minimum Gasteiger partial charge on any atom is -0.483 e. The number of nitrogens with zero attached hydrogens (tertiary/aromatic N) is 2. The van der Waals surface area contributed by atoms with Gasteiger partial charge in [0.05, 0.1) is 22.9 Å². The molecule has 5 atom stereocenters. The van der Waals surface area contributed by atoms with E-state index in [9.17, 15) is 32.0 Å². The predicted octanol–water partition coefficient (Wildman–Crippen LogP) is 5.99. The van der Waals surface area contributed by atoms with Crippen molar-refractivity contribution in [3.8, 4) is 17.0 Å². The molecule has 8 rings (SSSR count). The smallest absolute Gasteiger partial charge is 0.408 e. The molecule has 3 aliphatic heterocycles. The van der Waals surface area contributed by atoms with E-state index in [-0.39, 0.29) is 19.4 Å². The van der Waals surface area contributed by atoms with E-state index in [2.05, 4.69) is 15.4 Å². The lowest BCUT2D eigenvalue weighted by Gasteiger charge is -2.48. The van der Waals surface area contributed by atoms with Gasteiger partial charge < -0.3 is 25.0 Å². The van der Waals surface area contributed by atoms with Gasteiger partial charge in [-0.05, 0) is 96.8 Å². The number of hydrogen-bond acceptors (Lipinski definition) is 9. The van der Waals surface area contributed by atoms with Crippen molar-refractivity contribution < 1.29 is 41.5 Å². The van der Waals surface area contributed by atoms with Crippen LogP contribution in [0.3, 0.4) is 0 Å². The topological polar surface area (TPSA) is 173 Å². The number of benzene rings is 2. The minimum absolute atomic E-state index is 0.0250. The molecule has 2 aromatic carbocycles. The zero-order chi connectivity index (χ0) is 41.7. The molecule has 0 bridgehead atoms. The second-order valence-electron chi connectivity index (χ2n) is 17.5. The first-order chi connectivity index (χ1) is 28.1. The van der Waals surface area contributed by atoms with Crippen molar-refractivity contribution in [3.05, 3.63) is 72.1 Å². The number of carbonyl (C=O) groups is 4. The Labute approximate surface area is 343 Å². The van der Waals surface area contributed by atoms with Crippen LogP contribution in [0.1, 0.15) is 97.0 Å². The molecule has 314 valence electrons. The van der Waals surface area contributed by atoms with Gasteiger partial charge in [-0.25, -0.2) is 22.6 Å². The molecule has 3 fully saturated rings. The average Bonchev–Trinajstić information content (AvgIpc) is 3.85. The number of halogens is 1. The molecule has 1 saturated heterocycles. The fraction of sp³-hybridized carbons (Fsp3) is 0.523. The monoisotopic (exact) mass is 829 g/mol. The number of ether oxygens (including phenoxy) is 2. The van der Waals surface area contributed by atoms with E-state index in [1.54, 1.807) is 32.9 Å². The van der Waals surface area contributed by atoms with Gasteiger partial charge >= 0.3 is 6.09 Å². The predicted molar refractivity (Wildman–Crippen MR) is 218 cm³/mol. The van der Waals surface area contributed by atoms with E-state index >= 15 is 0 Å². The number of aryl methyl sites for hydroxylation is 1. The molecule has 59 heavy (non-hydrogen) atoms. The molecule has 15 heteroatoms. The third kappa shape index (κ3) is 7.78. The maximum Gasteiger partial charge on any atom is 0.408 e. The molecule has 1 spiro atoms. The molecule has 3 N–H and O–H groups in total. The van der Waals surface area contributed by atoms with Crippen LogP contribution in [-0.2, 0) is 35.6 Å². The number of allylic oxidation sites excluding steroid dienone is 1. The molecular formula is C44H52FN5O8S. The van der Waals surface area contributed by atoms with Gasteiger partial charge in [0.25, 0.3) is 5.91 Å². The van der Waals surface area contributed by atoms with Crippen LogP contribution in [0.25, 0.3) is 22.2 Å². The van der Waals surface area contributed by atoms with Gasteiger partial charge in [-0.3, -0.25) is 19.1 Å². The van der Waals surface area contributed by atoms with Crippen molar-refractivity contribution in [1.82, 2.24) is 25.2 Å². The van der Waals surface area contributed by atoms with E-state index in [4.69, 9.17) is 14.5 Å². The van der Waals surface area contributed by atoms with Gasteiger partial charge in [-0.15, -0.1) is 0 Å². The summed E-state index contributed by atoms with van der Waals surface area (Å²) in [7, 11) is -4.04. The van der Waals surface area contributed by atoms with Gasteiger partial charge in [0, 0.05) is 28.9 Å². The van der Waals surface area contributed by atoms with Crippen LogP contribution < -0.4 is 20.1 Å². The van der Waals surface area contributed by atoms with Crippen LogP contribution in [-0.4, -0.2) is 82.7 Å². The third-order valence-corrected chi connectivity index (χ3v) is 15.1. The first-order valence-corrected chi connectivity index (χ1v) is 22.3. The number of aromatic nitrogens is 1. The van der Waals surface area contributed by atoms with E-state index in [1.165, 1.54) is 17.0 Å². The number of carbonyl (C=O) groups excluding carboxylic acids is 4. The van der Waals surface area contributed by atoms with Crippen LogP contribution in [0.2, 0.25) is 0 Å². The zero-order valence-corrected chi connectivity index (χ0v) is 34.5. The molecule has 0 radical (unpaired) electrons. The Bertz CT molecular complexity index is 2330. The number of amides is 4. The number of pyridine rings is 1. The highest BCUT2D eigenvalue weighted by atomic mass is 32.2. The molecule has 3 aromatic rings. The highest BCUT2D eigenvalue weighted by molar-refractivity contribution is 7.91. The Kier molecular flexibility index (Phi) is 10.7. The third-order valence-electron chi connectivity index (χ3n) is 12.9. The number of hydrogen-bond donors (Lipinski definition) is 3. The van der Waals surface area contributed by atoms with Crippen LogP contribution in [0.4, 0.5) is 9.18 Å². The second kappa shape index (κ2) is 15.5. The van der Waals surface area contributed by atoms with E-state index in [1.807, 2.05) is 36.4 Å². The first-order valence-electron chi connectivity index (χ1n) is 20.8. The quantitative estimate of drug-likeness (QED) is 0.252. The van der Waals surface area contributed by atoms with Crippen molar-refractivity contribution in [2.75, 3.05) is 6.54 Å². The van der Waals surface area contributed by atoms with Crippen molar-refractivity contribution in [1.29, 1.82) is 0 Å². The van der Waals surface area contributed by atoms with Crippen LogP contribution in [0.5, 0.6) is 5.75 Å². The van der Waals surface area contributed by atoms with Gasteiger partial charge in [0.15, 0.2) is 0 Å². The summed E-state index contributed by atoms with van der Waals surface area (Å²) in [6.07, 6.45) is 8.29. The molecule has 2 aliphatic carbocycles. The maximum absolute atomic E-state index is 14.9. The molecule has 13 nitrogen and oxygen atoms in total. The van der Waals surface area contributed by atoms with Crippen LogP contribution in [0, 0.1) is 11.7 Å². The van der Waals surface area contributed by atoms with Gasteiger partial charge in [-0.2, -0.15) is 0 Å². The summed E-state index contributed by atoms with van der Waals surface area (Å²) in [4.78, 5) is 63.4. The number of nitrogens with one attached hydrogen (secondary N) is 3. The Hall–Kier alpha value is -5.05. The highest BCUT2D eigenvalue weighted by Crippen LogP contribution is 2.48. The SMILES string of the molecule is CC(C)OC(=O)N[C@H]1CCCCC/C=C\[C@@H]2CC[C@@]2(C(=O)NS(=O)(=O)C2(C)CC2)NC(=O)[C@@H]2C[C@]3(CCc4c(c(-c5cccc(F)c5)nc5ccccc45)O3)CN2C1=O. The van der Waals surface area contributed by atoms with Crippen molar-refractivity contribution in [2.24, 2.45) is 5.92 Å². The van der Waals surface area contributed by atoms with Crippen molar-refractivity contribution in [3.63, 3.8) is 0 Å². The maximum atomic E-state index is 14.9. The zero-order valence-electron chi connectivity index (χ0n) is 33.7. The fourth-order valence-electron chi connectivity index (χ4n) is 9.08. The number of alkyl carbamates (subject to hydrolysis) is 1. The molecular weight excluding hydrogens is 778 g/mol. The van der Waals surface area contributed by atoms with E-state index < -0.39 is 79.6 Å². The van der Waals surface area contributed by atoms with E-state index in [0.29, 0.717) is 73.9 Å². The molecule has 0 unspecified atom stereocenters. The number of fused-ring (bicyclic) bond motifs is 5. The summed E-state index contributed by atoms with van der Waals surface area (Å²) < 4.78 is 55.1. The Morgan fingerprint density at radius 3 is 2.56 bits per heavy atom. The van der Waals surface area contributed by atoms with Gasteiger partial charge in [0.1, 0.15) is 40.5 Å². The number of sulfonamides is 1. The molecule has 2 saturated carbocycles. The van der Waals surface area contributed by atoms with Gasteiger partial charge in [0.2, 0.25) is 21.8 Å². The second-order valence-corrected chi connectivity index (χ2v) is 19.7. The lowest BCUT2D eigenvalue weighted by molar-refractivity contribution is -0.144. The first kappa shape index (κ1) is 40.7. The lowest BCUT2D eigenvalue weighted by Crippen LogP contribution is -2.70. The van der Waals surface area contributed by atoms with Crippen molar-refractivity contribution >= 4 is 44.7 Å². The molecule has 4 heterocycles. The number of rotatable bonds is 6. The normalized spacial score (nSPS) is 28.4. The summed E-state index contributed by atoms with van der Waals surface area (Å²) >= 11 is 0. The summed E-state index contributed by atoms with van der Waals surface area (Å²) in [5, 5.41) is 6.63. The van der Waals surface area contributed by atoms with Crippen LogP contribution in [0.15, 0.2) is 60.7 Å². The Morgan fingerprint density at radius 1 is 1.03 bits per heavy atom. The molecule has 1 aromatic heterocycles. The minimum atomic E-state index is -4.04.